The third kappa shape index (κ3) is 3.60. The van der Waals surface area contributed by atoms with E-state index < -0.39 is 5.63 Å². The van der Waals surface area contributed by atoms with Crippen LogP contribution in [-0.4, -0.2) is 11.8 Å². The van der Waals surface area contributed by atoms with Gasteiger partial charge < -0.3 is 15.1 Å². The number of nitrogens with one attached hydrogen (secondary N) is 2. The maximum atomic E-state index is 12.3. The monoisotopic (exact) mass is 300 g/mol. The fraction of sp³-hybridized carbons (Fsp3) is 0.188. The van der Waals surface area contributed by atoms with Crippen LogP contribution in [0.1, 0.15) is 28.6 Å². The molecule has 1 aromatic carbocycles. The van der Waals surface area contributed by atoms with E-state index in [1.165, 1.54) is 13.0 Å². The quantitative estimate of drug-likeness (QED) is 0.911. The number of anilines is 2. The van der Waals surface area contributed by atoms with E-state index in [9.17, 15) is 14.4 Å². The Morgan fingerprint density at radius 2 is 1.55 bits per heavy atom. The van der Waals surface area contributed by atoms with Gasteiger partial charge in [0.2, 0.25) is 5.91 Å². The molecule has 0 bridgehead atoms. The van der Waals surface area contributed by atoms with Gasteiger partial charge in [0.25, 0.3) is 5.91 Å². The van der Waals surface area contributed by atoms with Crippen LogP contribution in [-0.2, 0) is 4.79 Å². The van der Waals surface area contributed by atoms with Crippen molar-refractivity contribution in [3.05, 3.63) is 57.6 Å². The summed E-state index contributed by atoms with van der Waals surface area (Å²) >= 11 is 0. The van der Waals surface area contributed by atoms with Crippen LogP contribution in [0.25, 0.3) is 0 Å². The molecule has 6 heteroatoms. The molecule has 0 aliphatic heterocycles. The lowest BCUT2D eigenvalue weighted by molar-refractivity contribution is -0.114. The smallest absolute Gasteiger partial charge is 0.336 e. The van der Waals surface area contributed by atoms with E-state index in [4.69, 9.17) is 4.42 Å². The lowest BCUT2D eigenvalue weighted by Gasteiger charge is -2.10. The predicted octanol–water partition coefficient (Wildman–Crippen LogP) is 2.47. The third-order valence-electron chi connectivity index (χ3n) is 3.02. The Balaban J connectivity index is 2.19. The summed E-state index contributed by atoms with van der Waals surface area (Å²) in [6, 6.07) is 7.99. The molecule has 0 aliphatic rings. The minimum atomic E-state index is -0.480. The van der Waals surface area contributed by atoms with Crippen LogP contribution in [0.15, 0.2) is 39.5 Å². The molecule has 0 radical (unpaired) electrons. The molecule has 2 amide bonds. The summed E-state index contributed by atoms with van der Waals surface area (Å²) in [5.74, 6) is -0.245. The predicted molar refractivity (Wildman–Crippen MR) is 83.2 cm³/mol. The Labute approximate surface area is 127 Å². The van der Waals surface area contributed by atoms with Gasteiger partial charge in [-0.15, -0.1) is 0 Å². The first-order chi connectivity index (χ1) is 10.4. The molecular formula is C16H16N2O4. The molecule has 1 heterocycles. The molecule has 0 spiro atoms. The van der Waals surface area contributed by atoms with E-state index >= 15 is 0 Å². The zero-order valence-corrected chi connectivity index (χ0v) is 12.5. The van der Waals surface area contributed by atoms with Crippen molar-refractivity contribution in [1.82, 2.24) is 0 Å². The van der Waals surface area contributed by atoms with Gasteiger partial charge in [-0.3, -0.25) is 9.59 Å². The van der Waals surface area contributed by atoms with Gasteiger partial charge >= 0.3 is 5.63 Å². The second-order valence-electron chi connectivity index (χ2n) is 4.89. The van der Waals surface area contributed by atoms with Gasteiger partial charge in [0, 0.05) is 24.4 Å². The summed E-state index contributed by atoms with van der Waals surface area (Å²) in [7, 11) is 0. The van der Waals surface area contributed by atoms with E-state index in [-0.39, 0.29) is 17.6 Å². The molecule has 0 atom stereocenters. The lowest BCUT2D eigenvalue weighted by atomic mass is 10.1. The first-order valence-electron chi connectivity index (χ1n) is 6.67. The summed E-state index contributed by atoms with van der Waals surface area (Å²) in [4.78, 5) is 34.5. The normalized spacial score (nSPS) is 10.1. The van der Waals surface area contributed by atoms with Crippen LogP contribution in [0.3, 0.4) is 0 Å². The molecule has 2 N–H and O–H groups in total. The zero-order valence-electron chi connectivity index (χ0n) is 12.5. The van der Waals surface area contributed by atoms with Crippen molar-refractivity contribution in [2.75, 3.05) is 10.6 Å². The molecule has 6 nitrogen and oxygen atoms in total. The molecule has 1 aromatic heterocycles. The number of carbonyl (C=O) groups is 2. The molecule has 114 valence electrons. The minimum absolute atomic E-state index is 0.164. The second kappa shape index (κ2) is 6.26. The van der Waals surface area contributed by atoms with Gasteiger partial charge in [0.1, 0.15) is 5.76 Å². The SMILES string of the molecule is CC(=O)Nc1ccc(NC(=O)c2c(C)cc(=O)oc2C)cc1. The van der Waals surface area contributed by atoms with E-state index in [2.05, 4.69) is 10.6 Å². The highest BCUT2D eigenvalue weighted by Gasteiger charge is 2.15. The molecule has 0 saturated heterocycles. The first kappa shape index (κ1) is 15.5. The van der Waals surface area contributed by atoms with E-state index in [1.54, 1.807) is 38.1 Å². The highest BCUT2D eigenvalue weighted by atomic mass is 16.4. The van der Waals surface area contributed by atoms with E-state index in [0.717, 1.165) is 0 Å². The van der Waals surface area contributed by atoms with Gasteiger partial charge in [0.05, 0.1) is 5.56 Å². The fourth-order valence-electron chi connectivity index (χ4n) is 2.13. The molecule has 0 unspecified atom stereocenters. The number of rotatable bonds is 3. The molecule has 0 aliphatic carbocycles. The standard InChI is InChI=1S/C16H16N2O4/c1-9-8-14(20)22-10(2)15(9)16(21)18-13-6-4-12(5-7-13)17-11(3)19/h4-8H,1-3H3,(H,17,19)(H,18,21). The molecule has 0 fully saturated rings. The van der Waals surface area contributed by atoms with Crippen LogP contribution >= 0.6 is 0 Å². The van der Waals surface area contributed by atoms with Crippen molar-refractivity contribution in [2.45, 2.75) is 20.8 Å². The van der Waals surface area contributed by atoms with Gasteiger partial charge in [-0.25, -0.2) is 4.79 Å². The summed E-state index contributed by atoms with van der Waals surface area (Å²) in [5.41, 5.74) is 1.63. The Kier molecular flexibility index (Phi) is 4.41. The number of aryl methyl sites for hydroxylation is 2. The maximum Gasteiger partial charge on any atom is 0.336 e. The highest BCUT2D eigenvalue weighted by Crippen LogP contribution is 2.17. The Morgan fingerprint density at radius 1 is 1.00 bits per heavy atom. The number of benzene rings is 1. The minimum Gasteiger partial charge on any atom is -0.427 e. The maximum absolute atomic E-state index is 12.3. The average molecular weight is 300 g/mol. The van der Waals surface area contributed by atoms with Gasteiger partial charge in [-0.2, -0.15) is 0 Å². The van der Waals surface area contributed by atoms with E-state index in [0.29, 0.717) is 22.5 Å². The van der Waals surface area contributed by atoms with Gasteiger partial charge in [-0.1, -0.05) is 0 Å². The van der Waals surface area contributed by atoms with Gasteiger partial charge in [0.15, 0.2) is 0 Å². The molecule has 22 heavy (non-hydrogen) atoms. The average Bonchev–Trinajstić information content (AvgIpc) is 2.39. The Morgan fingerprint density at radius 3 is 2.05 bits per heavy atom. The molecule has 2 rings (SSSR count). The third-order valence-corrected chi connectivity index (χ3v) is 3.02. The Hall–Kier alpha value is -2.89. The Bertz CT molecular complexity index is 749. The van der Waals surface area contributed by atoms with Crippen molar-refractivity contribution in [3.8, 4) is 0 Å². The van der Waals surface area contributed by atoms with Crippen LogP contribution in [0.2, 0.25) is 0 Å². The van der Waals surface area contributed by atoms with Crippen molar-refractivity contribution < 1.29 is 14.0 Å². The van der Waals surface area contributed by atoms with Crippen molar-refractivity contribution >= 4 is 23.2 Å². The summed E-state index contributed by atoms with van der Waals surface area (Å²) in [5, 5.41) is 5.37. The summed E-state index contributed by atoms with van der Waals surface area (Å²) in [6.45, 7) is 4.67. The molecule has 0 saturated carbocycles. The number of hydrogen-bond acceptors (Lipinski definition) is 4. The summed E-state index contributed by atoms with van der Waals surface area (Å²) in [6.07, 6.45) is 0. The lowest BCUT2D eigenvalue weighted by Crippen LogP contribution is -2.17. The second-order valence-corrected chi connectivity index (χ2v) is 4.89. The van der Waals surface area contributed by atoms with Crippen LogP contribution < -0.4 is 16.3 Å². The molecular weight excluding hydrogens is 284 g/mol. The summed E-state index contributed by atoms with van der Waals surface area (Å²) < 4.78 is 4.95. The molecule has 2 aromatic rings. The number of hydrogen-bond donors (Lipinski definition) is 2. The van der Waals surface area contributed by atoms with E-state index in [1.807, 2.05) is 0 Å². The highest BCUT2D eigenvalue weighted by molar-refractivity contribution is 6.06. The fourth-order valence-corrected chi connectivity index (χ4v) is 2.13. The van der Waals surface area contributed by atoms with Crippen molar-refractivity contribution in [3.63, 3.8) is 0 Å². The topological polar surface area (TPSA) is 88.4 Å². The van der Waals surface area contributed by atoms with Crippen LogP contribution in [0, 0.1) is 13.8 Å². The van der Waals surface area contributed by atoms with Crippen molar-refractivity contribution in [2.24, 2.45) is 0 Å². The van der Waals surface area contributed by atoms with Gasteiger partial charge in [-0.05, 0) is 43.7 Å². The van der Waals surface area contributed by atoms with Crippen molar-refractivity contribution in [1.29, 1.82) is 0 Å². The number of carbonyl (C=O) groups excluding carboxylic acids is 2. The zero-order chi connectivity index (χ0) is 16.3. The number of amides is 2. The largest absolute Gasteiger partial charge is 0.427 e. The van der Waals surface area contributed by atoms with Crippen LogP contribution in [0.5, 0.6) is 0 Å². The first-order valence-corrected chi connectivity index (χ1v) is 6.67. The van der Waals surface area contributed by atoms with Crippen LogP contribution in [0.4, 0.5) is 11.4 Å².